The van der Waals surface area contributed by atoms with Crippen molar-refractivity contribution in [2.24, 2.45) is 16.7 Å². The Balaban J connectivity index is 3.56. The molecule has 196 valence electrons. The standard InChI is InChI=1S/C27H40O8/c1-12-33-23(32)19-20(29)27(18(28)15-26(19,10)11,13-16(2)21(30)34-24(4,5)6)14-17(3)22(31)35-25(7,8)9/h19H,2-3,12-15H2,1,4-11H3. The van der Waals surface area contributed by atoms with E-state index >= 15 is 0 Å². The first-order valence-corrected chi connectivity index (χ1v) is 11.7. The Bertz CT molecular complexity index is 882. The van der Waals surface area contributed by atoms with Crippen LogP contribution >= 0.6 is 0 Å². The van der Waals surface area contributed by atoms with Gasteiger partial charge in [-0.2, -0.15) is 0 Å². The lowest BCUT2D eigenvalue weighted by Crippen LogP contribution is -2.57. The Labute approximate surface area is 208 Å². The van der Waals surface area contributed by atoms with E-state index in [2.05, 4.69) is 13.2 Å². The summed E-state index contributed by atoms with van der Waals surface area (Å²) in [5, 5.41) is 0. The van der Waals surface area contributed by atoms with Crippen molar-refractivity contribution in [1.82, 2.24) is 0 Å². The van der Waals surface area contributed by atoms with Crippen LogP contribution in [0.3, 0.4) is 0 Å². The molecule has 0 bridgehead atoms. The largest absolute Gasteiger partial charge is 0.465 e. The van der Waals surface area contributed by atoms with Gasteiger partial charge >= 0.3 is 17.9 Å². The molecule has 0 aromatic rings. The molecule has 1 saturated carbocycles. The molecule has 8 nitrogen and oxygen atoms in total. The summed E-state index contributed by atoms with van der Waals surface area (Å²) < 4.78 is 15.9. The van der Waals surface area contributed by atoms with Gasteiger partial charge < -0.3 is 14.2 Å². The predicted molar refractivity (Wildman–Crippen MR) is 130 cm³/mol. The summed E-state index contributed by atoms with van der Waals surface area (Å²) >= 11 is 0. The third-order valence-electron chi connectivity index (χ3n) is 5.59. The van der Waals surface area contributed by atoms with E-state index in [4.69, 9.17) is 14.2 Å². The van der Waals surface area contributed by atoms with E-state index in [1.807, 2.05) is 0 Å². The third-order valence-corrected chi connectivity index (χ3v) is 5.59. The van der Waals surface area contributed by atoms with Crippen molar-refractivity contribution < 1.29 is 38.2 Å². The number of ketones is 2. The van der Waals surface area contributed by atoms with Crippen LogP contribution in [0.2, 0.25) is 0 Å². The van der Waals surface area contributed by atoms with E-state index in [1.54, 1.807) is 62.3 Å². The highest BCUT2D eigenvalue weighted by Gasteiger charge is 2.60. The molecule has 1 aliphatic rings. The van der Waals surface area contributed by atoms with Gasteiger partial charge in [-0.25, -0.2) is 9.59 Å². The highest BCUT2D eigenvalue weighted by atomic mass is 16.6. The van der Waals surface area contributed by atoms with Gasteiger partial charge in [-0.1, -0.05) is 27.0 Å². The second-order valence-electron chi connectivity index (χ2n) is 11.8. The van der Waals surface area contributed by atoms with Crippen molar-refractivity contribution in [2.75, 3.05) is 6.61 Å². The number of hydrogen-bond donors (Lipinski definition) is 0. The Morgan fingerprint density at radius 2 is 1.29 bits per heavy atom. The van der Waals surface area contributed by atoms with Crippen LogP contribution in [0.4, 0.5) is 0 Å². The van der Waals surface area contributed by atoms with Crippen LogP contribution < -0.4 is 0 Å². The molecular weight excluding hydrogens is 452 g/mol. The fourth-order valence-electron chi connectivity index (χ4n) is 4.11. The lowest BCUT2D eigenvalue weighted by atomic mass is 9.54. The van der Waals surface area contributed by atoms with E-state index in [-0.39, 0.29) is 24.2 Å². The number of Topliss-reactive ketones (excluding diaryl/α,β-unsaturated/α-hetero) is 2. The Morgan fingerprint density at radius 3 is 1.63 bits per heavy atom. The smallest absolute Gasteiger partial charge is 0.333 e. The quantitative estimate of drug-likeness (QED) is 0.213. The molecule has 1 rings (SSSR count). The van der Waals surface area contributed by atoms with Gasteiger partial charge in [-0.3, -0.25) is 14.4 Å². The van der Waals surface area contributed by atoms with Gasteiger partial charge in [-0.05, 0) is 66.7 Å². The molecule has 0 saturated heterocycles. The van der Waals surface area contributed by atoms with E-state index in [0.29, 0.717) is 0 Å². The molecule has 35 heavy (non-hydrogen) atoms. The molecule has 1 fully saturated rings. The molecule has 0 N–H and O–H groups in total. The van der Waals surface area contributed by atoms with E-state index in [1.165, 1.54) is 0 Å². The van der Waals surface area contributed by atoms with E-state index in [0.717, 1.165) is 0 Å². The molecular formula is C27H40O8. The van der Waals surface area contributed by atoms with Crippen molar-refractivity contribution >= 4 is 29.5 Å². The summed E-state index contributed by atoms with van der Waals surface area (Å²) in [4.78, 5) is 65.8. The fraction of sp³-hybridized carbons (Fsp3) is 0.667. The van der Waals surface area contributed by atoms with Gasteiger partial charge in [-0.15, -0.1) is 0 Å². The first-order chi connectivity index (χ1) is 15.7. The normalized spacial score (nSPS) is 19.5. The highest BCUT2D eigenvalue weighted by molar-refractivity contribution is 6.18. The van der Waals surface area contributed by atoms with Crippen LogP contribution in [0, 0.1) is 16.7 Å². The maximum atomic E-state index is 14.0. The predicted octanol–water partition coefficient (Wildman–Crippen LogP) is 4.30. The monoisotopic (exact) mass is 492 g/mol. The van der Waals surface area contributed by atoms with Crippen LogP contribution in [0.5, 0.6) is 0 Å². The number of carbonyl (C=O) groups excluding carboxylic acids is 5. The first kappa shape index (κ1) is 30.3. The summed E-state index contributed by atoms with van der Waals surface area (Å²) in [5.74, 6) is -4.84. The number of hydrogen-bond acceptors (Lipinski definition) is 8. The SMILES string of the molecule is C=C(CC1(CC(=C)C(=O)OC(C)(C)C)C(=O)CC(C)(C)C(C(=O)OCC)C1=O)C(=O)OC(C)(C)C. The topological polar surface area (TPSA) is 113 Å². The van der Waals surface area contributed by atoms with Crippen LogP contribution in [0.25, 0.3) is 0 Å². The van der Waals surface area contributed by atoms with Gasteiger partial charge in [0.25, 0.3) is 0 Å². The lowest BCUT2D eigenvalue weighted by Gasteiger charge is -2.45. The molecule has 0 spiro atoms. The molecule has 0 amide bonds. The highest BCUT2D eigenvalue weighted by Crippen LogP contribution is 2.50. The molecule has 1 atom stereocenters. The molecule has 8 heteroatoms. The molecule has 0 aromatic heterocycles. The van der Waals surface area contributed by atoms with Gasteiger partial charge in [0.15, 0.2) is 5.78 Å². The molecule has 0 radical (unpaired) electrons. The number of ether oxygens (including phenoxy) is 3. The van der Waals surface area contributed by atoms with Gasteiger partial charge in [0.2, 0.25) is 0 Å². The number of carbonyl (C=O) groups is 5. The summed E-state index contributed by atoms with van der Waals surface area (Å²) in [6.07, 6.45) is -0.994. The van der Waals surface area contributed by atoms with Gasteiger partial charge in [0.05, 0.1) is 12.0 Å². The molecule has 1 unspecified atom stereocenters. The van der Waals surface area contributed by atoms with Crippen LogP contribution in [0.1, 0.15) is 81.6 Å². The van der Waals surface area contributed by atoms with Gasteiger partial charge in [0.1, 0.15) is 22.9 Å². The molecule has 0 heterocycles. The molecule has 0 aromatic carbocycles. The zero-order valence-electron chi connectivity index (χ0n) is 22.6. The maximum Gasteiger partial charge on any atom is 0.333 e. The molecule has 0 aliphatic heterocycles. The van der Waals surface area contributed by atoms with E-state index in [9.17, 15) is 24.0 Å². The fourth-order valence-corrected chi connectivity index (χ4v) is 4.11. The minimum atomic E-state index is -1.92. The third kappa shape index (κ3) is 7.61. The Morgan fingerprint density at radius 1 is 0.886 bits per heavy atom. The molecule has 1 aliphatic carbocycles. The summed E-state index contributed by atoms with van der Waals surface area (Å²) in [6, 6.07) is 0. The van der Waals surface area contributed by atoms with Crippen molar-refractivity contribution in [3.63, 3.8) is 0 Å². The minimum absolute atomic E-state index is 0.0505. The average Bonchev–Trinajstić information content (AvgIpc) is 2.62. The number of rotatable bonds is 8. The van der Waals surface area contributed by atoms with Crippen molar-refractivity contribution in [2.45, 2.75) is 92.8 Å². The summed E-state index contributed by atoms with van der Waals surface area (Å²) in [5.41, 5.74) is -4.85. The maximum absolute atomic E-state index is 14.0. The zero-order valence-corrected chi connectivity index (χ0v) is 22.6. The van der Waals surface area contributed by atoms with E-state index < -0.39 is 70.3 Å². The lowest BCUT2D eigenvalue weighted by molar-refractivity contribution is -0.167. The first-order valence-electron chi connectivity index (χ1n) is 11.7. The number of esters is 3. The van der Waals surface area contributed by atoms with Crippen LogP contribution in [-0.2, 0) is 38.2 Å². The van der Waals surface area contributed by atoms with Crippen LogP contribution in [0.15, 0.2) is 24.3 Å². The van der Waals surface area contributed by atoms with Crippen molar-refractivity contribution in [3.8, 4) is 0 Å². The second-order valence-corrected chi connectivity index (χ2v) is 11.8. The Kier molecular flexibility index (Phi) is 9.05. The average molecular weight is 493 g/mol. The second kappa shape index (κ2) is 10.5. The zero-order chi connectivity index (χ0) is 27.6. The van der Waals surface area contributed by atoms with Crippen LogP contribution in [-0.4, -0.2) is 47.3 Å². The Hall–Kier alpha value is -2.77. The van der Waals surface area contributed by atoms with Crippen molar-refractivity contribution in [1.29, 1.82) is 0 Å². The minimum Gasteiger partial charge on any atom is -0.465 e. The summed E-state index contributed by atoms with van der Waals surface area (Å²) in [6.45, 7) is 22.5. The van der Waals surface area contributed by atoms with Gasteiger partial charge in [0, 0.05) is 17.6 Å². The van der Waals surface area contributed by atoms with Crippen molar-refractivity contribution in [3.05, 3.63) is 24.3 Å². The summed E-state index contributed by atoms with van der Waals surface area (Å²) in [7, 11) is 0.